The third-order valence-corrected chi connectivity index (χ3v) is 3.48. The fourth-order valence-corrected chi connectivity index (χ4v) is 2.33. The molecule has 0 aliphatic rings. The molecule has 1 aromatic carbocycles. The van der Waals surface area contributed by atoms with Crippen LogP contribution in [0.3, 0.4) is 0 Å². The van der Waals surface area contributed by atoms with Crippen molar-refractivity contribution >= 4 is 0 Å². The first-order chi connectivity index (χ1) is 11.6. The molecule has 24 heavy (non-hydrogen) atoms. The molecule has 136 valence electrons. The van der Waals surface area contributed by atoms with E-state index in [-0.39, 0.29) is 6.61 Å². The van der Waals surface area contributed by atoms with Gasteiger partial charge < -0.3 is 24.1 Å². The second-order valence-corrected chi connectivity index (χ2v) is 5.40. The molecule has 0 bridgehead atoms. The van der Waals surface area contributed by atoms with Gasteiger partial charge in [-0.15, -0.1) is 6.58 Å². The zero-order valence-electron chi connectivity index (χ0n) is 14.9. The van der Waals surface area contributed by atoms with Gasteiger partial charge in [0, 0.05) is 26.7 Å². The molecule has 0 heterocycles. The van der Waals surface area contributed by atoms with E-state index in [1.807, 2.05) is 18.2 Å². The predicted molar refractivity (Wildman–Crippen MR) is 93.7 cm³/mol. The normalized spacial score (nSPS) is 12.2. The van der Waals surface area contributed by atoms with Crippen LogP contribution in [-0.2, 0) is 16.0 Å². The summed E-state index contributed by atoms with van der Waals surface area (Å²) in [6, 6.07) is 5.81. The van der Waals surface area contributed by atoms with E-state index in [2.05, 4.69) is 11.5 Å². The highest BCUT2D eigenvalue weighted by Crippen LogP contribution is 2.28. The maximum Gasteiger partial charge on any atom is 0.161 e. The van der Waals surface area contributed by atoms with Gasteiger partial charge in [0.25, 0.3) is 0 Å². The van der Waals surface area contributed by atoms with Crippen molar-refractivity contribution in [2.45, 2.75) is 12.6 Å². The summed E-state index contributed by atoms with van der Waals surface area (Å²) in [5.41, 5.74) is 1.07. The lowest BCUT2D eigenvalue weighted by Gasteiger charge is -2.25. The van der Waals surface area contributed by atoms with Crippen molar-refractivity contribution in [3.8, 4) is 11.5 Å². The highest BCUT2D eigenvalue weighted by molar-refractivity contribution is 5.42. The van der Waals surface area contributed by atoms with E-state index < -0.39 is 6.10 Å². The predicted octanol–water partition coefficient (Wildman–Crippen LogP) is 1.72. The van der Waals surface area contributed by atoms with Crippen LogP contribution in [0.1, 0.15) is 5.56 Å². The molecule has 0 saturated carbocycles. The number of hydrogen-bond donors (Lipinski definition) is 1. The largest absolute Gasteiger partial charge is 0.493 e. The molecule has 1 aromatic rings. The molecular weight excluding hydrogens is 310 g/mol. The van der Waals surface area contributed by atoms with Crippen LogP contribution >= 0.6 is 0 Å². The molecule has 6 nitrogen and oxygen atoms in total. The Morgan fingerprint density at radius 3 is 2.58 bits per heavy atom. The van der Waals surface area contributed by atoms with Crippen molar-refractivity contribution in [1.82, 2.24) is 4.90 Å². The molecule has 0 aromatic heterocycles. The number of aliphatic hydroxyl groups excluding tert-OH is 1. The molecule has 1 N–H and O–H groups in total. The number of methoxy groups -OCH3 is 3. The molecule has 0 fully saturated rings. The summed E-state index contributed by atoms with van der Waals surface area (Å²) in [5, 5.41) is 10.1. The Hall–Kier alpha value is -1.60. The van der Waals surface area contributed by atoms with E-state index in [1.165, 1.54) is 0 Å². The van der Waals surface area contributed by atoms with E-state index >= 15 is 0 Å². The molecule has 0 aliphatic carbocycles. The van der Waals surface area contributed by atoms with Crippen LogP contribution in [0.15, 0.2) is 30.9 Å². The van der Waals surface area contributed by atoms with Crippen molar-refractivity contribution in [2.24, 2.45) is 0 Å². The van der Waals surface area contributed by atoms with Gasteiger partial charge in [-0.2, -0.15) is 0 Å². The van der Waals surface area contributed by atoms with Gasteiger partial charge in [0.05, 0.1) is 40.1 Å². The highest BCUT2D eigenvalue weighted by Gasteiger charge is 2.14. The molecule has 0 amide bonds. The van der Waals surface area contributed by atoms with E-state index in [4.69, 9.17) is 18.9 Å². The SMILES string of the molecule is C=CCOC[C@H](O)CN(CCOC)Cc1ccc(OC)c(OC)c1. The third kappa shape index (κ3) is 7.31. The zero-order chi connectivity index (χ0) is 17.8. The first-order valence-electron chi connectivity index (χ1n) is 7.93. The Bertz CT molecular complexity index is 480. The maximum absolute atomic E-state index is 10.1. The fraction of sp³-hybridized carbons (Fsp3) is 0.556. The molecular formula is C18H29NO5. The van der Waals surface area contributed by atoms with Crippen molar-refractivity contribution < 1.29 is 24.1 Å². The lowest BCUT2D eigenvalue weighted by atomic mass is 10.1. The van der Waals surface area contributed by atoms with E-state index in [0.29, 0.717) is 44.3 Å². The average Bonchev–Trinajstić information content (AvgIpc) is 2.59. The molecule has 1 rings (SSSR count). The van der Waals surface area contributed by atoms with Crippen LogP contribution in [0.25, 0.3) is 0 Å². The van der Waals surface area contributed by atoms with Crippen molar-refractivity contribution in [1.29, 1.82) is 0 Å². The number of benzene rings is 1. The van der Waals surface area contributed by atoms with Crippen LogP contribution < -0.4 is 9.47 Å². The minimum Gasteiger partial charge on any atom is -0.493 e. The summed E-state index contributed by atoms with van der Waals surface area (Å²) < 4.78 is 21.1. The molecule has 1 atom stereocenters. The van der Waals surface area contributed by atoms with Crippen LogP contribution in [0.5, 0.6) is 11.5 Å². The topological polar surface area (TPSA) is 60.4 Å². The fourth-order valence-electron chi connectivity index (χ4n) is 2.33. The van der Waals surface area contributed by atoms with Gasteiger partial charge in [-0.25, -0.2) is 0 Å². The number of aliphatic hydroxyl groups is 1. The zero-order valence-corrected chi connectivity index (χ0v) is 14.9. The van der Waals surface area contributed by atoms with Gasteiger partial charge in [0.15, 0.2) is 11.5 Å². The average molecular weight is 339 g/mol. The van der Waals surface area contributed by atoms with Crippen molar-refractivity contribution in [3.63, 3.8) is 0 Å². The first-order valence-corrected chi connectivity index (χ1v) is 7.93. The Kier molecular flexibility index (Phi) is 10.1. The summed E-state index contributed by atoms with van der Waals surface area (Å²) in [7, 11) is 4.89. The summed E-state index contributed by atoms with van der Waals surface area (Å²) in [5.74, 6) is 1.39. The van der Waals surface area contributed by atoms with Gasteiger partial charge in [-0.05, 0) is 17.7 Å². The van der Waals surface area contributed by atoms with Gasteiger partial charge in [-0.3, -0.25) is 4.90 Å². The number of nitrogens with zero attached hydrogens (tertiary/aromatic N) is 1. The van der Waals surface area contributed by atoms with Gasteiger partial charge >= 0.3 is 0 Å². The highest BCUT2D eigenvalue weighted by atomic mass is 16.5. The molecule has 0 unspecified atom stereocenters. The minimum absolute atomic E-state index is 0.279. The number of rotatable bonds is 13. The second kappa shape index (κ2) is 11.9. The van der Waals surface area contributed by atoms with Crippen LogP contribution in [0, 0.1) is 0 Å². The van der Waals surface area contributed by atoms with Crippen LogP contribution in [-0.4, -0.2) is 70.3 Å². The number of hydrogen-bond acceptors (Lipinski definition) is 6. The summed E-state index contributed by atoms with van der Waals surface area (Å²) in [6.45, 7) is 6.77. The van der Waals surface area contributed by atoms with Gasteiger partial charge in [0.1, 0.15) is 0 Å². The Labute approximate surface area is 144 Å². The molecule has 0 aliphatic heterocycles. The lowest BCUT2D eigenvalue weighted by Crippen LogP contribution is -2.36. The summed E-state index contributed by atoms with van der Waals surface area (Å²) in [6.07, 6.45) is 1.10. The molecule has 0 saturated heterocycles. The first kappa shape index (κ1) is 20.4. The van der Waals surface area contributed by atoms with Gasteiger partial charge in [-0.1, -0.05) is 12.1 Å². The monoisotopic (exact) mass is 339 g/mol. The van der Waals surface area contributed by atoms with Crippen molar-refractivity contribution in [2.75, 3.05) is 54.2 Å². The number of ether oxygens (including phenoxy) is 4. The Balaban J connectivity index is 2.68. The van der Waals surface area contributed by atoms with E-state index in [0.717, 1.165) is 5.56 Å². The standard InChI is InChI=1S/C18H29NO5/c1-5-9-24-14-16(20)13-19(8-10-21-2)12-15-6-7-17(22-3)18(11-15)23-4/h5-7,11,16,20H,1,8-10,12-14H2,2-4H3/t16-/m1/s1. The third-order valence-electron chi connectivity index (χ3n) is 3.48. The molecule has 0 radical (unpaired) electrons. The molecule has 0 spiro atoms. The summed E-state index contributed by atoms with van der Waals surface area (Å²) >= 11 is 0. The minimum atomic E-state index is -0.568. The van der Waals surface area contributed by atoms with Gasteiger partial charge in [0.2, 0.25) is 0 Å². The lowest BCUT2D eigenvalue weighted by molar-refractivity contribution is 0.0194. The maximum atomic E-state index is 10.1. The van der Waals surface area contributed by atoms with Crippen LogP contribution in [0.4, 0.5) is 0 Å². The molecule has 6 heteroatoms. The van der Waals surface area contributed by atoms with E-state index in [1.54, 1.807) is 27.4 Å². The Morgan fingerprint density at radius 2 is 1.96 bits per heavy atom. The van der Waals surface area contributed by atoms with E-state index in [9.17, 15) is 5.11 Å². The second-order valence-electron chi connectivity index (χ2n) is 5.40. The van der Waals surface area contributed by atoms with Crippen molar-refractivity contribution in [3.05, 3.63) is 36.4 Å². The Morgan fingerprint density at radius 1 is 1.21 bits per heavy atom. The summed E-state index contributed by atoms with van der Waals surface area (Å²) in [4.78, 5) is 2.12. The van der Waals surface area contributed by atoms with Crippen LogP contribution in [0.2, 0.25) is 0 Å². The quantitative estimate of drug-likeness (QED) is 0.436. The smallest absolute Gasteiger partial charge is 0.161 e.